The van der Waals surface area contributed by atoms with Gasteiger partial charge in [0.25, 0.3) is 0 Å². The minimum absolute atomic E-state index is 0.0422. The second kappa shape index (κ2) is 3.39. The molecule has 1 heterocycles. The fourth-order valence-corrected chi connectivity index (χ4v) is 2.97. The number of nitrogens with two attached hydrogens (primary N) is 1. The van der Waals surface area contributed by atoms with Crippen molar-refractivity contribution in [2.75, 3.05) is 4.72 Å². The Labute approximate surface area is 91.5 Å². The Morgan fingerprint density at radius 3 is 2.69 bits per heavy atom. The van der Waals surface area contributed by atoms with E-state index in [-0.39, 0.29) is 16.8 Å². The van der Waals surface area contributed by atoms with E-state index in [9.17, 15) is 17.2 Å². The van der Waals surface area contributed by atoms with Gasteiger partial charge in [-0.3, -0.25) is 4.72 Å². The summed E-state index contributed by atoms with van der Waals surface area (Å²) < 4.78 is 51.7. The fraction of sp³-hybridized carbons (Fsp3) is 0.333. The monoisotopic (exact) mass is 248 g/mol. The number of hydrogen-bond acceptors (Lipinski definition) is 3. The number of hydrogen-bond donors (Lipinski definition) is 2. The van der Waals surface area contributed by atoms with E-state index in [1.54, 1.807) is 0 Å². The summed E-state index contributed by atoms with van der Waals surface area (Å²) in [5.41, 5.74) is 5.06. The Balaban J connectivity index is 2.67. The predicted octanol–water partition coefficient (Wildman–Crippen LogP) is 1.24. The molecule has 3 N–H and O–H groups in total. The van der Waals surface area contributed by atoms with Gasteiger partial charge in [0.05, 0.1) is 11.4 Å². The molecule has 88 valence electrons. The molecule has 1 atom stereocenters. The average Bonchev–Trinajstić information content (AvgIpc) is 2.39. The van der Waals surface area contributed by atoms with Gasteiger partial charge in [0, 0.05) is 17.2 Å². The number of rotatable bonds is 1. The molecule has 0 bridgehead atoms. The molecular weight excluding hydrogens is 238 g/mol. The third kappa shape index (κ3) is 1.65. The molecule has 1 aromatic carbocycles. The SMILES string of the molecule is CC(N)c1c(F)cc2c(c1F)CS(=O)(=O)N2. The number of benzene rings is 1. The zero-order valence-electron chi connectivity index (χ0n) is 8.42. The molecule has 1 aromatic rings. The molecule has 0 radical (unpaired) electrons. The third-order valence-electron chi connectivity index (χ3n) is 2.41. The molecule has 0 amide bonds. The van der Waals surface area contributed by atoms with Gasteiger partial charge in [0.15, 0.2) is 0 Å². The fourth-order valence-electron chi connectivity index (χ4n) is 1.72. The maximum absolute atomic E-state index is 13.8. The third-order valence-corrected chi connectivity index (χ3v) is 3.61. The van der Waals surface area contributed by atoms with Crippen molar-refractivity contribution in [3.63, 3.8) is 0 Å². The molecule has 0 aliphatic carbocycles. The molecular formula is C9H10F2N2O2S. The van der Waals surface area contributed by atoms with E-state index < -0.39 is 33.5 Å². The van der Waals surface area contributed by atoms with Gasteiger partial charge in [-0.2, -0.15) is 0 Å². The molecule has 1 aliphatic heterocycles. The van der Waals surface area contributed by atoms with Crippen LogP contribution in [-0.2, 0) is 15.8 Å². The normalized spacial score (nSPS) is 19.0. The van der Waals surface area contributed by atoms with Gasteiger partial charge in [-0.25, -0.2) is 17.2 Å². The lowest BCUT2D eigenvalue weighted by atomic mass is 10.0. The van der Waals surface area contributed by atoms with Gasteiger partial charge in [-0.1, -0.05) is 0 Å². The van der Waals surface area contributed by atoms with Crippen molar-refractivity contribution in [2.45, 2.75) is 18.7 Å². The highest BCUT2D eigenvalue weighted by atomic mass is 32.2. The molecule has 0 aromatic heterocycles. The van der Waals surface area contributed by atoms with Crippen LogP contribution < -0.4 is 10.5 Å². The molecule has 0 saturated carbocycles. The van der Waals surface area contributed by atoms with Crippen molar-refractivity contribution in [3.05, 3.63) is 28.8 Å². The summed E-state index contributed by atoms with van der Waals surface area (Å²) >= 11 is 0. The first-order valence-corrected chi connectivity index (χ1v) is 6.24. The maximum atomic E-state index is 13.8. The second-order valence-electron chi connectivity index (χ2n) is 3.76. The molecule has 0 saturated heterocycles. The molecule has 1 aliphatic rings. The molecule has 7 heteroatoms. The maximum Gasteiger partial charge on any atom is 0.237 e. The number of sulfonamides is 1. The first-order chi connectivity index (χ1) is 7.32. The average molecular weight is 248 g/mol. The molecule has 0 fully saturated rings. The van der Waals surface area contributed by atoms with Crippen LogP contribution in [0.25, 0.3) is 0 Å². The zero-order chi connectivity index (χ0) is 12.1. The van der Waals surface area contributed by atoms with E-state index in [0.717, 1.165) is 6.07 Å². The smallest absolute Gasteiger partial charge is 0.237 e. The van der Waals surface area contributed by atoms with Crippen molar-refractivity contribution >= 4 is 15.7 Å². The Kier molecular flexibility index (Phi) is 2.39. The van der Waals surface area contributed by atoms with E-state index >= 15 is 0 Å². The Hall–Kier alpha value is -1.21. The van der Waals surface area contributed by atoms with Crippen LogP contribution in [0.5, 0.6) is 0 Å². The summed E-state index contributed by atoms with van der Waals surface area (Å²) in [5.74, 6) is -2.19. The van der Waals surface area contributed by atoms with E-state index in [1.807, 2.05) is 0 Å². The van der Waals surface area contributed by atoms with E-state index in [1.165, 1.54) is 6.92 Å². The molecule has 2 rings (SSSR count). The van der Waals surface area contributed by atoms with Gasteiger partial charge in [-0.15, -0.1) is 0 Å². The van der Waals surface area contributed by atoms with Crippen molar-refractivity contribution in [2.24, 2.45) is 5.73 Å². The highest BCUT2D eigenvalue weighted by Gasteiger charge is 2.30. The molecule has 4 nitrogen and oxygen atoms in total. The molecule has 16 heavy (non-hydrogen) atoms. The minimum atomic E-state index is -3.58. The largest absolute Gasteiger partial charge is 0.324 e. The van der Waals surface area contributed by atoms with Gasteiger partial charge in [0.1, 0.15) is 11.6 Å². The second-order valence-corrected chi connectivity index (χ2v) is 5.48. The Bertz CT molecular complexity index is 555. The molecule has 0 spiro atoms. The number of fused-ring (bicyclic) bond motifs is 1. The highest BCUT2D eigenvalue weighted by Crippen LogP contribution is 2.34. The topological polar surface area (TPSA) is 72.2 Å². The van der Waals surface area contributed by atoms with E-state index in [2.05, 4.69) is 4.72 Å². The van der Waals surface area contributed by atoms with Crippen molar-refractivity contribution in [3.8, 4) is 0 Å². The first-order valence-electron chi connectivity index (χ1n) is 4.58. The quantitative estimate of drug-likeness (QED) is 0.785. The van der Waals surface area contributed by atoms with Gasteiger partial charge < -0.3 is 5.73 Å². The summed E-state index contributed by atoms with van der Waals surface area (Å²) in [6.45, 7) is 1.44. The zero-order valence-corrected chi connectivity index (χ0v) is 9.24. The van der Waals surface area contributed by atoms with Crippen LogP contribution in [0.3, 0.4) is 0 Å². The van der Waals surface area contributed by atoms with Crippen LogP contribution in [0, 0.1) is 11.6 Å². The van der Waals surface area contributed by atoms with Gasteiger partial charge in [-0.05, 0) is 13.0 Å². The van der Waals surface area contributed by atoms with Crippen LogP contribution >= 0.6 is 0 Å². The highest BCUT2D eigenvalue weighted by molar-refractivity contribution is 7.92. The summed E-state index contributed by atoms with van der Waals surface area (Å²) in [5, 5.41) is 0. The first kappa shape index (κ1) is 11.3. The lowest BCUT2D eigenvalue weighted by Gasteiger charge is -2.11. The summed E-state index contributed by atoms with van der Waals surface area (Å²) in [6.07, 6.45) is 0. The lowest BCUT2D eigenvalue weighted by Crippen LogP contribution is -2.11. The Morgan fingerprint density at radius 2 is 2.12 bits per heavy atom. The number of halogens is 2. The number of nitrogens with one attached hydrogen (secondary N) is 1. The van der Waals surface area contributed by atoms with Crippen molar-refractivity contribution in [1.29, 1.82) is 0 Å². The van der Waals surface area contributed by atoms with Crippen LogP contribution in [0.2, 0.25) is 0 Å². The van der Waals surface area contributed by atoms with Gasteiger partial charge in [0.2, 0.25) is 10.0 Å². The molecule has 1 unspecified atom stereocenters. The standard InChI is InChI=1S/C9H10F2N2O2S/c1-4(12)8-6(10)2-7-5(9(8)11)3-16(14,15)13-7/h2,4,13H,3,12H2,1H3. The van der Waals surface area contributed by atoms with E-state index in [4.69, 9.17) is 5.73 Å². The van der Waals surface area contributed by atoms with Crippen LogP contribution in [0.1, 0.15) is 24.1 Å². The predicted molar refractivity (Wildman–Crippen MR) is 55.2 cm³/mol. The van der Waals surface area contributed by atoms with E-state index in [0.29, 0.717) is 0 Å². The summed E-state index contributed by atoms with van der Waals surface area (Å²) in [6, 6.07) is 0.135. The van der Waals surface area contributed by atoms with Gasteiger partial charge >= 0.3 is 0 Å². The summed E-state index contributed by atoms with van der Waals surface area (Å²) in [7, 11) is -3.58. The lowest BCUT2D eigenvalue weighted by molar-refractivity contribution is 0.532. The minimum Gasteiger partial charge on any atom is -0.324 e. The Morgan fingerprint density at radius 1 is 1.50 bits per heavy atom. The van der Waals surface area contributed by atoms with Crippen LogP contribution in [0.4, 0.5) is 14.5 Å². The van der Waals surface area contributed by atoms with Crippen LogP contribution in [-0.4, -0.2) is 8.42 Å². The van der Waals surface area contributed by atoms with Crippen LogP contribution in [0.15, 0.2) is 6.07 Å². The van der Waals surface area contributed by atoms with Crippen molar-refractivity contribution in [1.82, 2.24) is 0 Å². The number of anilines is 1. The van der Waals surface area contributed by atoms with Crippen molar-refractivity contribution < 1.29 is 17.2 Å². The summed E-state index contributed by atoms with van der Waals surface area (Å²) in [4.78, 5) is 0.